The molecule has 3 nitrogen and oxygen atoms in total. The van der Waals surface area contributed by atoms with E-state index in [9.17, 15) is 8.42 Å². The lowest BCUT2D eigenvalue weighted by molar-refractivity contribution is 0.565. The Balaban J connectivity index is 0.00000169. The van der Waals surface area contributed by atoms with Crippen LogP contribution in [0.15, 0.2) is 0 Å². The van der Waals surface area contributed by atoms with E-state index in [1.54, 1.807) is 0 Å². The predicted octanol–water partition coefficient (Wildman–Crippen LogP) is 1.23. The number of rotatable bonds is 4. The second-order valence-electron chi connectivity index (χ2n) is 4.26. The molecule has 1 saturated heterocycles. The first kappa shape index (κ1) is 14.2. The van der Waals surface area contributed by atoms with Crippen molar-refractivity contribution < 1.29 is 8.42 Å². The molecule has 0 aromatic heterocycles. The SMILES string of the molecule is CC(C)CS(=O)(=O)CC1CCCN1.Cl. The molecule has 0 bridgehead atoms. The fraction of sp³-hybridized carbons (Fsp3) is 1.00. The molecule has 0 aromatic rings. The Hall–Kier alpha value is 0.200. The number of halogens is 1. The number of hydrogen-bond acceptors (Lipinski definition) is 3. The van der Waals surface area contributed by atoms with Gasteiger partial charge in [-0.2, -0.15) is 0 Å². The van der Waals surface area contributed by atoms with Gasteiger partial charge in [0.1, 0.15) is 0 Å². The smallest absolute Gasteiger partial charge is 0.152 e. The molecule has 0 amide bonds. The van der Waals surface area contributed by atoms with Gasteiger partial charge in [-0.15, -0.1) is 12.4 Å². The molecule has 14 heavy (non-hydrogen) atoms. The summed E-state index contributed by atoms with van der Waals surface area (Å²) in [5, 5.41) is 3.21. The maximum absolute atomic E-state index is 11.6. The Morgan fingerprint density at radius 1 is 1.43 bits per heavy atom. The molecule has 1 aliphatic heterocycles. The Morgan fingerprint density at radius 2 is 2.07 bits per heavy atom. The highest BCUT2D eigenvalue weighted by Gasteiger charge is 2.22. The number of hydrogen-bond donors (Lipinski definition) is 1. The average Bonchev–Trinajstić information content (AvgIpc) is 2.34. The van der Waals surface area contributed by atoms with E-state index in [-0.39, 0.29) is 24.4 Å². The second kappa shape index (κ2) is 5.93. The zero-order chi connectivity index (χ0) is 9.90. The summed E-state index contributed by atoms with van der Waals surface area (Å²) in [6.07, 6.45) is 2.12. The van der Waals surface area contributed by atoms with Crippen molar-refractivity contribution in [1.29, 1.82) is 0 Å². The molecule has 0 saturated carbocycles. The summed E-state index contributed by atoms with van der Waals surface area (Å²) in [6.45, 7) is 4.86. The lowest BCUT2D eigenvalue weighted by Crippen LogP contribution is -2.31. The maximum Gasteiger partial charge on any atom is 0.152 e. The lowest BCUT2D eigenvalue weighted by Gasteiger charge is -2.11. The quantitative estimate of drug-likeness (QED) is 0.806. The van der Waals surface area contributed by atoms with Gasteiger partial charge >= 0.3 is 0 Å². The van der Waals surface area contributed by atoms with Crippen LogP contribution in [0.1, 0.15) is 26.7 Å². The molecule has 86 valence electrons. The number of nitrogens with one attached hydrogen (secondary N) is 1. The molecular weight excluding hydrogens is 222 g/mol. The Morgan fingerprint density at radius 3 is 2.50 bits per heavy atom. The first-order valence-electron chi connectivity index (χ1n) is 4.93. The second-order valence-corrected chi connectivity index (χ2v) is 6.42. The summed E-state index contributed by atoms with van der Waals surface area (Å²) >= 11 is 0. The summed E-state index contributed by atoms with van der Waals surface area (Å²) < 4.78 is 23.1. The van der Waals surface area contributed by atoms with Gasteiger partial charge in [0.25, 0.3) is 0 Å². The van der Waals surface area contributed by atoms with Crippen LogP contribution in [0.5, 0.6) is 0 Å². The van der Waals surface area contributed by atoms with E-state index in [1.165, 1.54) is 0 Å². The maximum atomic E-state index is 11.6. The highest BCUT2D eigenvalue weighted by atomic mass is 35.5. The largest absolute Gasteiger partial charge is 0.313 e. The van der Waals surface area contributed by atoms with Gasteiger partial charge in [-0.3, -0.25) is 0 Å². The van der Waals surface area contributed by atoms with Crippen LogP contribution in [-0.2, 0) is 9.84 Å². The van der Waals surface area contributed by atoms with Gasteiger partial charge < -0.3 is 5.32 Å². The van der Waals surface area contributed by atoms with E-state index in [4.69, 9.17) is 0 Å². The molecule has 1 heterocycles. The van der Waals surface area contributed by atoms with Crippen molar-refractivity contribution >= 4 is 22.2 Å². The van der Waals surface area contributed by atoms with Gasteiger partial charge in [-0.1, -0.05) is 13.8 Å². The van der Waals surface area contributed by atoms with Gasteiger partial charge in [0.15, 0.2) is 9.84 Å². The predicted molar refractivity (Wildman–Crippen MR) is 61.8 cm³/mol. The van der Waals surface area contributed by atoms with Crippen LogP contribution >= 0.6 is 12.4 Å². The van der Waals surface area contributed by atoms with Crippen molar-refractivity contribution in [2.45, 2.75) is 32.7 Å². The summed E-state index contributed by atoms with van der Waals surface area (Å²) in [4.78, 5) is 0. The van der Waals surface area contributed by atoms with Gasteiger partial charge in [0.2, 0.25) is 0 Å². The summed E-state index contributed by atoms with van der Waals surface area (Å²) in [7, 11) is -2.83. The van der Waals surface area contributed by atoms with Gasteiger partial charge in [-0.05, 0) is 25.3 Å². The van der Waals surface area contributed by atoms with Crippen LogP contribution < -0.4 is 5.32 Å². The lowest BCUT2D eigenvalue weighted by atomic mass is 10.3. The zero-order valence-corrected chi connectivity index (χ0v) is 10.5. The van der Waals surface area contributed by atoms with Crippen molar-refractivity contribution in [3.05, 3.63) is 0 Å². The van der Waals surface area contributed by atoms with Crippen molar-refractivity contribution in [3.63, 3.8) is 0 Å². The fourth-order valence-electron chi connectivity index (χ4n) is 1.78. The monoisotopic (exact) mass is 241 g/mol. The van der Waals surface area contributed by atoms with Crippen LogP contribution in [0.4, 0.5) is 0 Å². The van der Waals surface area contributed by atoms with Crippen LogP contribution in [0.2, 0.25) is 0 Å². The van der Waals surface area contributed by atoms with E-state index in [0.717, 1.165) is 19.4 Å². The van der Waals surface area contributed by atoms with Crippen LogP contribution in [0.25, 0.3) is 0 Å². The van der Waals surface area contributed by atoms with Crippen molar-refractivity contribution in [2.24, 2.45) is 5.92 Å². The molecule has 1 N–H and O–H groups in total. The molecule has 0 aromatic carbocycles. The average molecular weight is 242 g/mol. The molecule has 5 heteroatoms. The standard InChI is InChI=1S/C9H19NO2S.ClH/c1-8(2)6-13(11,12)7-9-4-3-5-10-9;/h8-10H,3-7H2,1-2H3;1H. The molecule has 1 atom stereocenters. The third kappa shape index (κ3) is 5.17. The molecule has 1 rings (SSSR count). The van der Waals surface area contributed by atoms with Gasteiger partial charge in [0.05, 0.1) is 11.5 Å². The molecule has 0 aliphatic carbocycles. The fourth-order valence-corrected chi connectivity index (χ4v) is 3.83. The van der Waals surface area contributed by atoms with Gasteiger partial charge in [0, 0.05) is 6.04 Å². The van der Waals surface area contributed by atoms with Crippen LogP contribution in [0.3, 0.4) is 0 Å². The van der Waals surface area contributed by atoms with Crippen molar-refractivity contribution in [3.8, 4) is 0 Å². The van der Waals surface area contributed by atoms with E-state index >= 15 is 0 Å². The molecule has 1 unspecified atom stereocenters. The van der Waals surface area contributed by atoms with Crippen molar-refractivity contribution in [1.82, 2.24) is 5.32 Å². The third-order valence-corrected chi connectivity index (χ3v) is 4.29. The minimum Gasteiger partial charge on any atom is -0.313 e. The molecule has 0 radical (unpaired) electrons. The van der Waals surface area contributed by atoms with E-state index in [1.807, 2.05) is 13.8 Å². The Bertz CT molecular complexity index is 246. The number of sulfone groups is 1. The van der Waals surface area contributed by atoms with E-state index in [2.05, 4.69) is 5.32 Å². The summed E-state index contributed by atoms with van der Waals surface area (Å²) in [6, 6.07) is 0.212. The highest BCUT2D eigenvalue weighted by Crippen LogP contribution is 2.10. The van der Waals surface area contributed by atoms with Crippen LogP contribution in [-0.4, -0.2) is 32.5 Å². The molecule has 0 spiro atoms. The minimum atomic E-state index is -2.83. The highest BCUT2D eigenvalue weighted by molar-refractivity contribution is 7.91. The normalized spacial score (nSPS) is 22.4. The first-order valence-corrected chi connectivity index (χ1v) is 6.75. The first-order chi connectivity index (χ1) is 5.99. The summed E-state index contributed by atoms with van der Waals surface area (Å²) in [5.41, 5.74) is 0. The van der Waals surface area contributed by atoms with Crippen LogP contribution in [0, 0.1) is 5.92 Å². The topological polar surface area (TPSA) is 46.2 Å². The zero-order valence-electron chi connectivity index (χ0n) is 8.82. The Kier molecular flexibility index (Phi) is 6.02. The molecular formula is C9H20ClNO2S. The minimum absolute atomic E-state index is 0. The Labute approximate surface area is 93.0 Å². The summed E-state index contributed by atoms with van der Waals surface area (Å²) in [5.74, 6) is 0.891. The van der Waals surface area contributed by atoms with E-state index < -0.39 is 9.84 Å². The molecule has 1 aliphatic rings. The van der Waals surface area contributed by atoms with Crippen molar-refractivity contribution in [2.75, 3.05) is 18.1 Å². The van der Waals surface area contributed by atoms with Gasteiger partial charge in [-0.25, -0.2) is 8.42 Å². The van der Waals surface area contributed by atoms with E-state index in [0.29, 0.717) is 11.5 Å². The molecule has 1 fully saturated rings. The third-order valence-electron chi connectivity index (χ3n) is 2.20.